The van der Waals surface area contributed by atoms with Gasteiger partial charge in [-0.3, -0.25) is 9.59 Å². The van der Waals surface area contributed by atoms with E-state index < -0.39 is 6.10 Å². The second kappa shape index (κ2) is 33.9. The number of unbranched alkanes of at least 4 members (excludes halogenated alkanes) is 20. The number of esters is 2. The van der Waals surface area contributed by atoms with E-state index in [1.807, 2.05) is 0 Å². The van der Waals surface area contributed by atoms with Crippen LogP contribution in [-0.2, 0) is 19.1 Å². The Hall–Kier alpha value is -1.62. The molecule has 0 rings (SSSR count). The fourth-order valence-electron chi connectivity index (χ4n) is 4.95. The van der Waals surface area contributed by atoms with Crippen LogP contribution in [0.2, 0.25) is 0 Å². The first-order chi connectivity index (χ1) is 20.6. The molecule has 1 atom stereocenters. The lowest BCUT2D eigenvalue weighted by Gasteiger charge is -2.15. The number of aliphatic hydroxyl groups excluding tert-OH is 1. The number of rotatable bonds is 32. The zero-order valence-corrected chi connectivity index (χ0v) is 27.8. The quantitative estimate of drug-likeness (QED) is 0.0478. The summed E-state index contributed by atoms with van der Waals surface area (Å²) < 4.78 is 10.6. The minimum Gasteiger partial charge on any atom is -0.462 e. The summed E-state index contributed by atoms with van der Waals surface area (Å²) in [5, 5.41) is 9.51. The van der Waals surface area contributed by atoms with Crippen LogP contribution in [0.25, 0.3) is 0 Å². The molecule has 0 aromatic carbocycles. The van der Waals surface area contributed by atoms with E-state index in [-0.39, 0.29) is 25.2 Å². The van der Waals surface area contributed by atoms with Crippen LogP contribution in [0.15, 0.2) is 24.3 Å². The van der Waals surface area contributed by atoms with Crippen molar-refractivity contribution >= 4 is 11.9 Å². The zero-order chi connectivity index (χ0) is 30.8. The fraction of sp³-hybridized carbons (Fsp3) is 0.838. The van der Waals surface area contributed by atoms with E-state index in [1.165, 1.54) is 103 Å². The molecule has 0 radical (unpaired) electrons. The molecule has 246 valence electrons. The van der Waals surface area contributed by atoms with Crippen molar-refractivity contribution in [1.29, 1.82) is 0 Å². The number of aliphatic hydroxyl groups is 1. The molecule has 1 N–H and O–H groups in total. The molecule has 0 aliphatic rings. The SMILES string of the molecule is CCCCCCC/C=C/CCCCCCCC(=O)OC[C@H](CO)OC(=O)CCCCCCC/C=C/CCCCCCC. The predicted molar refractivity (Wildman–Crippen MR) is 178 cm³/mol. The average Bonchev–Trinajstić information content (AvgIpc) is 2.99. The second-order valence-electron chi connectivity index (χ2n) is 11.9. The van der Waals surface area contributed by atoms with E-state index in [2.05, 4.69) is 38.2 Å². The fourth-order valence-corrected chi connectivity index (χ4v) is 4.95. The summed E-state index contributed by atoms with van der Waals surface area (Å²) in [6.45, 7) is 4.10. The predicted octanol–water partition coefficient (Wildman–Crippen LogP) is 10.7. The number of hydrogen-bond donors (Lipinski definition) is 1. The molecule has 0 saturated heterocycles. The van der Waals surface area contributed by atoms with Crippen molar-refractivity contribution in [1.82, 2.24) is 0 Å². The molecule has 0 aromatic rings. The number of ether oxygens (including phenoxy) is 2. The van der Waals surface area contributed by atoms with Crippen LogP contribution >= 0.6 is 0 Å². The van der Waals surface area contributed by atoms with Crippen molar-refractivity contribution in [2.45, 2.75) is 187 Å². The minimum atomic E-state index is -0.774. The Bertz CT molecular complexity index is 642. The van der Waals surface area contributed by atoms with Crippen LogP contribution < -0.4 is 0 Å². The smallest absolute Gasteiger partial charge is 0.306 e. The highest BCUT2D eigenvalue weighted by molar-refractivity contribution is 5.70. The lowest BCUT2D eigenvalue weighted by Crippen LogP contribution is -2.28. The van der Waals surface area contributed by atoms with E-state index >= 15 is 0 Å². The van der Waals surface area contributed by atoms with Gasteiger partial charge in [0.15, 0.2) is 6.10 Å². The number of carbonyl (C=O) groups is 2. The van der Waals surface area contributed by atoms with Gasteiger partial charge >= 0.3 is 11.9 Å². The first kappa shape index (κ1) is 40.4. The summed E-state index contributed by atoms with van der Waals surface area (Å²) in [5.41, 5.74) is 0. The Morgan fingerprint density at radius 1 is 0.524 bits per heavy atom. The van der Waals surface area contributed by atoms with Gasteiger partial charge in [-0.05, 0) is 64.2 Å². The molecular formula is C37H68O5. The molecular weight excluding hydrogens is 524 g/mol. The average molecular weight is 593 g/mol. The van der Waals surface area contributed by atoms with Crippen molar-refractivity contribution < 1.29 is 24.2 Å². The van der Waals surface area contributed by atoms with Gasteiger partial charge in [0.2, 0.25) is 0 Å². The van der Waals surface area contributed by atoms with Crippen LogP contribution in [0.5, 0.6) is 0 Å². The number of allylic oxidation sites excluding steroid dienone is 4. The standard InChI is InChI=1S/C37H68O5/c1-3-5-7-9-11-13-15-17-19-21-23-25-27-29-31-36(39)41-34-35(33-38)42-37(40)32-30-28-26-24-22-20-18-16-14-12-10-8-6-4-2/h15-18,35,38H,3-14,19-34H2,1-2H3/b17-15+,18-16+/t35-/m0/s1. The maximum absolute atomic E-state index is 12.1. The van der Waals surface area contributed by atoms with Gasteiger partial charge in [-0.15, -0.1) is 0 Å². The van der Waals surface area contributed by atoms with Crippen LogP contribution in [-0.4, -0.2) is 36.4 Å². The lowest BCUT2D eigenvalue weighted by molar-refractivity contribution is -0.161. The molecule has 0 bridgehead atoms. The molecule has 0 saturated carbocycles. The van der Waals surface area contributed by atoms with E-state index in [9.17, 15) is 14.7 Å². The summed E-state index contributed by atoms with van der Waals surface area (Å²) in [5.74, 6) is -0.609. The number of carbonyl (C=O) groups excluding carboxylic acids is 2. The lowest BCUT2D eigenvalue weighted by atomic mass is 10.1. The largest absolute Gasteiger partial charge is 0.462 e. The van der Waals surface area contributed by atoms with Crippen LogP contribution in [0.3, 0.4) is 0 Å². The van der Waals surface area contributed by atoms with Crippen LogP contribution in [0.4, 0.5) is 0 Å². The maximum Gasteiger partial charge on any atom is 0.306 e. The van der Waals surface area contributed by atoms with Gasteiger partial charge in [0.05, 0.1) is 6.61 Å². The van der Waals surface area contributed by atoms with Crippen LogP contribution in [0.1, 0.15) is 181 Å². The van der Waals surface area contributed by atoms with Gasteiger partial charge in [-0.1, -0.05) is 128 Å². The van der Waals surface area contributed by atoms with Crippen molar-refractivity contribution in [2.75, 3.05) is 13.2 Å². The molecule has 0 aliphatic heterocycles. The van der Waals surface area contributed by atoms with Crippen molar-refractivity contribution in [3.8, 4) is 0 Å². The topological polar surface area (TPSA) is 72.8 Å². The third-order valence-corrected chi connectivity index (χ3v) is 7.72. The Morgan fingerprint density at radius 2 is 0.881 bits per heavy atom. The summed E-state index contributed by atoms with van der Waals surface area (Å²) >= 11 is 0. The summed E-state index contributed by atoms with van der Waals surface area (Å²) in [7, 11) is 0. The van der Waals surface area contributed by atoms with Gasteiger partial charge in [0.25, 0.3) is 0 Å². The highest BCUT2D eigenvalue weighted by Crippen LogP contribution is 2.12. The first-order valence-corrected chi connectivity index (χ1v) is 17.9. The molecule has 5 nitrogen and oxygen atoms in total. The minimum absolute atomic E-state index is 0.0712. The molecule has 0 unspecified atom stereocenters. The molecule has 0 fully saturated rings. The van der Waals surface area contributed by atoms with Gasteiger partial charge in [-0.2, -0.15) is 0 Å². The summed E-state index contributed by atoms with van der Waals surface area (Å²) in [4.78, 5) is 24.1. The summed E-state index contributed by atoms with van der Waals surface area (Å²) in [6, 6.07) is 0. The maximum atomic E-state index is 12.1. The van der Waals surface area contributed by atoms with E-state index in [1.54, 1.807) is 0 Å². The second-order valence-corrected chi connectivity index (χ2v) is 11.9. The van der Waals surface area contributed by atoms with Gasteiger partial charge < -0.3 is 14.6 Å². The monoisotopic (exact) mass is 593 g/mol. The normalized spacial score (nSPS) is 12.4. The molecule has 42 heavy (non-hydrogen) atoms. The first-order valence-electron chi connectivity index (χ1n) is 17.9. The molecule has 0 heterocycles. The molecule has 0 spiro atoms. The van der Waals surface area contributed by atoms with E-state index in [0.717, 1.165) is 51.4 Å². The van der Waals surface area contributed by atoms with Crippen molar-refractivity contribution in [2.24, 2.45) is 0 Å². The Balaban J connectivity index is 3.59. The summed E-state index contributed by atoms with van der Waals surface area (Å²) in [6.07, 6.45) is 38.0. The van der Waals surface area contributed by atoms with Crippen LogP contribution in [0, 0.1) is 0 Å². The Kier molecular flexibility index (Phi) is 32.6. The van der Waals surface area contributed by atoms with Gasteiger partial charge in [0.1, 0.15) is 6.61 Å². The third kappa shape index (κ3) is 31.3. The highest BCUT2D eigenvalue weighted by Gasteiger charge is 2.16. The molecule has 0 aromatic heterocycles. The Morgan fingerprint density at radius 3 is 1.29 bits per heavy atom. The number of hydrogen-bond acceptors (Lipinski definition) is 5. The van der Waals surface area contributed by atoms with Gasteiger partial charge in [-0.25, -0.2) is 0 Å². The molecule has 0 amide bonds. The molecule has 0 aliphatic carbocycles. The highest BCUT2D eigenvalue weighted by atomic mass is 16.6. The van der Waals surface area contributed by atoms with E-state index in [0.29, 0.717) is 12.8 Å². The van der Waals surface area contributed by atoms with Crippen molar-refractivity contribution in [3.63, 3.8) is 0 Å². The Labute approximate surface area is 260 Å². The van der Waals surface area contributed by atoms with Crippen molar-refractivity contribution in [3.05, 3.63) is 24.3 Å². The van der Waals surface area contributed by atoms with E-state index in [4.69, 9.17) is 9.47 Å². The van der Waals surface area contributed by atoms with Gasteiger partial charge in [0, 0.05) is 12.8 Å². The third-order valence-electron chi connectivity index (χ3n) is 7.72. The molecule has 5 heteroatoms. The zero-order valence-electron chi connectivity index (χ0n) is 27.8.